The Morgan fingerprint density at radius 3 is 2.86 bits per heavy atom. The van der Waals surface area contributed by atoms with Crippen LogP contribution in [0.3, 0.4) is 0 Å². The summed E-state index contributed by atoms with van der Waals surface area (Å²) in [5.74, 6) is -0.408. The Bertz CT molecular complexity index is 568. The van der Waals surface area contributed by atoms with E-state index in [1.54, 1.807) is 12.1 Å². The van der Waals surface area contributed by atoms with E-state index in [4.69, 9.17) is 22.7 Å². The van der Waals surface area contributed by atoms with Crippen LogP contribution in [0.2, 0.25) is 0 Å². The van der Waals surface area contributed by atoms with Crippen LogP contribution in [-0.4, -0.2) is 41.5 Å². The molecule has 0 bridgehead atoms. The van der Waals surface area contributed by atoms with Crippen LogP contribution in [0.4, 0.5) is 10.1 Å². The van der Waals surface area contributed by atoms with Crippen LogP contribution in [0.25, 0.3) is 0 Å². The van der Waals surface area contributed by atoms with Crippen molar-refractivity contribution in [2.45, 2.75) is 25.6 Å². The maximum atomic E-state index is 14.6. The average Bonchev–Trinajstić information content (AvgIpc) is 2.39. The van der Waals surface area contributed by atoms with Gasteiger partial charge in [0.15, 0.2) is 5.82 Å². The highest BCUT2D eigenvalue weighted by atomic mass is 79.9. The zero-order valence-corrected chi connectivity index (χ0v) is 14.3. The van der Waals surface area contributed by atoms with E-state index in [1.807, 2.05) is 18.7 Å². The molecule has 21 heavy (non-hydrogen) atoms. The van der Waals surface area contributed by atoms with Gasteiger partial charge in [-0.05, 0) is 41.9 Å². The summed E-state index contributed by atoms with van der Waals surface area (Å²) in [6.45, 7) is 4.68. The minimum absolute atomic E-state index is 0.103. The Balaban J connectivity index is 2.37. The third-order valence-corrected chi connectivity index (χ3v) is 4.35. The first-order chi connectivity index (χ1) is 9.75. The summed E-state index contributed by atoms with van der Waals surface area (Å²) < 4.78 is 20.6. The molecule has 1 unspecified atom stereocenters. The van der Waals surface area contributed by atoms with Gasteiger partial charge in [0.2, 0.25) is 0 Å². The van der Waals surface area contributed by atoms with Gasteiger partial charge >= 0.3 is 0 Å². The van der Waals surface area contributed by atoms with Gasteiger partial charge in [-0.25, -0.2) is 4.39 Å². The normalized spacial score (nSPS) is 21.4. The number of halogens is 2. The topological polar surface area (TPSA) is 58.7 Å². The van der Waals surface area contributed by atoms with Crippen LogP contribution in [0, 0.1) is 5.82 Å². The first kappa shape index (κ1) is 16.6. The van der Waals surface area contributed by atoms with E-state index < -0.39 is 11.4 Å². The van der Waals surface area contributed by atoms with E-state index in [0.717, 1.165) is 0 Å². The van der Waals surface area contributed by atoms with Crippen molar-refractivity contribution in [2.75, 3.05) is 24.6 Å². The fraction of sp³-hybridized carbons (Fsp3) is 0.500. The molecule has 0 spiro atoms. The number of thiocarbonyl (C=S) groups is 1. The molecule has 116 valence electrons. The van der Waals surface area contributed by atoms with Crippen molar-refractivity contribution in [1.82, 2.24) is 0 Å². The molecule has 1 aliphatic heterocycles. The van der Waals surface area contributed by atoms with Crippen LogP contribution >= 0.6 is 28.1 Å². The van der Waals surface area contributed by atoms with Crippen molar-refractivity contribution < 1.29 is 14.2 Å². The van der Waals surface area contributed by atoms with Crippen molar-refractivity contribution in [3.63, 3.8) is 0 Å². The van der Waals surface area contributed by atoms with E-state index in [1.165, 1.54) is 0 Å². The van der Waals surface area contributed by atoms with Crippen LogP contribution in [0.5, 0.6) is 0 Å². The molecule has 0 aliphatic carbocycles. The van der Waals surface area contributed by atoms with Gasteiger partial charge < -0.3 is 20.5 Å². The molecule has 1 aromatic carbocycles. The summed E-state index contributed by atoms with van der Waals surface area (Å²) in [4.78, 5) is 2.01. The maximum Gasteiger partial charge on any atom is 0.161 e. The molecule has 0 aromatic heterocycles. The molecule has 0 amide bonds. The molecule has 0 saturated carbocycles. The van der Waals surface area contributed by atoms with Gasteiger partial charge in [0.1, 0.15) is 4.99 Å². The Kier molecular flexibility index (Phi) is 4.87. The number of nitrogens with zero attached hydrogens (tertiary/aromatic N) is 1. The molecular weight excluding hydrogens is 359 g/mol. The van der Waals surface area contributed by atoms with Crippen LogP contribution in [-0.2, 0) is 4.74 Å². The first-order valence-electron chi connectivity index (χ1n) is 6.56. The Hall–Kier alpha value is -0.760. The highest BCUT2D eigenvalue weighted by molar-refractivity contribution is 9.10. The number of morpholine rings is 1. The fourth-order valence-corrected chi connectivity index (χ4v) is 3.40. The van der Waals surface area contributed by atoms with Gasteiger partial charge in [0.05, 0.1) is 28.5 Å². The number of hydrogen-bond donors (Lipinski definition) is 2. The lowest BCUT2D eigenvalue weighted by Crippen LogP contribution is -2.54. The number of aliphatic hydroxyl groups is 1. The average molecular weight is 377 g/mol. The van der Waals surface area contributed by atoms with Gasteiger partial charge in [0.25, 0.3) is 0 Å². The van der Waals surface area contributed by atoms with Gasteiger partial charge in [-0.15, -0.1) is 0 Å². The molecule has 1 fully saturated rings. The molecular formula is C14H18BrFN2O2S. The third kappa shape index (κ3) is 3.53. The lowest BCUT2D eigenvalue weighted by Gasteiger charge is -2.43. The van der Waals surface area contributed by atoms with Crippen molar-refractivity contribution in [3.8, 4) is 0 Å². The number of ether oxygens (including phenoxy) is 1. The molecule has 1 atom stereocenters. The predicted octanol–water partition coefficient (Wildman–Crippen LogP) is 2.20. The molecule has 1 aliphatic rings. The summed E-state index contributed by atoms with van der Waals surface area (Å²) in [6, 6.07) is 3.35. The molecule has 1 heterocycles. The quantitative estimate of drug-likeness (QED) is 0.791. The predicted molar refractivity (Wildman–Crippen MR) is 88.2 cm³/mol. The van der Waals surface area contributed by atoms with Gasteiger partial charge in [-0.3, -0.25) is 0 Å². The highest BCUT2D eigenvalue weighted by Crippen LogP contribution is 2.33. The zero-order valence-electron chi connectivity index (χ0n) is 11.9. The Labute approximate surface area is 137 Å². The molecule has 4 nitrogen and oxygen atoms in total. The van der Waals surface area contributed by atoms with Crippen molar-refractivity contribution in [3.05, 3.63) is 28.0 Å². The second-order valence-corrected chi connectivity index (χ2v) is 6.92. The molecule has 2 rings (SSSR count). The minimum atomic E-state index is -0.466. The summed E-state index contributed by atoms with van der Waals surface area (Å²) in [6.07, 6.45) is -0.345. The fourth-order valence-electron chi connectivity index (χ4n) is 2.55. The van der Waals surface area contributed by atoms with E-state index in [9.17, 15) is 9.50 Å². The highest BCUT2D eigenvalue weighted by Gasteiger charge is 2.34. The lowest BCUT2D eigenvalue weighted by molar-refractivity contribution is -0.101. The largest absolute Gasteiger partial charge is 0.394 e. The van der Waals surface area contributed by atoms with E-state index in [2.05, 4.69) is 15.9 Å². The molecule has 7 heteroatoms. The van der Waals surface area contributed by atoms with E-state index >= 15 is 0 Å². The van der Waals surface area contributed by atoms with Gasteiger partial charge in [0, 0.05) is 18.7 Å². The molecule has 3 N–H and O–H groups in total. The second-order valence-electron chi connectivity index (χ2n) is 5.69. The molecule has 1 aromatic rings. The number of hydrogen-bond acceptors (Lipinski definition) is 4. The summed E-state index contributed by atoms with van der Waals surface area (Å²) in [5, 5.41) is 9.34. The summed E-state index contributed by atoms with van der Waals surface area (Å²) in [7, 11) is 0. The Morgan fingerprint density at radius 1 is 1.62 bits per heavy atom. The van der Waals surface area contributed by atoms with Crippen molar-refractivity contribution in [1.29, 1.82) is 0 Å². The van der Waals surface area contributed by atoms with Crippen LogP contribution in [0.1, 0.15) is 19.4 Å². The number of nitrogens with two attached hydrogens (primary N) is 1. The third-order valence-electron chi connectivity index (χ3n) is 3.35. The van der Waals surface area contributed by atoms with E-state index in [-0.39, 0.29) is 22.2 Å². The summed E-state index contributed by atoms with van der Waals surface area (Å²) in [5.41, 5.74) is 6.01. The van der Waals surface area contributed by atoms with Crippen molar-refractivity contribution in [2.24, 2.45) is 5.73 Å². The minimum Gasteiger partial charge on any atom is -0.394 e. The van der Waals surface area contributed by atoms with Gasteiger partial charge in [-0.2, -0.15) is 0 Å². The first-order valence-corrected chi connectivity index (χ1v) is 7.76. The second kappa shape index (κ2) is 6.16. The van der Waals surface area contributed by atoms with Crippen LogP contribution < -0.4 is 10.6 Å². The summed E-state index contributed by atoms with van der Waals surface area (Å²) >= 11 is 8.11. The monoisotopic (exact) mass is 376 g/mol. The SMILES string of the molecule is CC1(C)CN(c2ccc(C(N)=S)c(Br)c2F)CC(CO)O1. The number of anilines is 1. The van der Waals surface area contributed by atoms with E-state index in [0.29, 0.717) is 24.3 Å². The number of aliphatic hydroxyl groups excluding tert-OH is 1. The maximum absolute atomic E-state index is 14.6. The zero-order chi connectivity index (χ0) is 15.8. The van der Waals surface area contributed by atoms with Crippen LogP contribution in [0.15, 0.2) is 16.6 Å². The smallest absolute Gasteiger partial charge is 0.161 e. The molecule has 1 saturated heterocycles. The molecule has 0 radical (unpaired) electrons. The number of benzene rings is 1. The Morgan fingerprint density at radius 2 is 2.29 bits per heavy atom. The lowest BCUT2D eigenvalue weighted by atomic mass is 10.0. The van der Waals surface area contributed by atoms with Crippen molar-refractivity contribution >= 4 is 38.8 Å². The standard InChI is InChI=1S/C14H18BrFN2O2S/c1-14(2)7-18(5-8(6-19)20-14)10-4-3-9(13(17)21)11(15)12(10)16/h3-4,8,19H,5-7H2,1-2H3,(H2,17,21). The number of rotatable bonds is 3. The van der Waals surface area contributed by atoms with Gasteiger partial charge in [-0.1, -0.05) is 12.2 Å².